The number of nitrogen functional groups attached to an aromatic ring is 1. The van der Waals surface area contributed by atoms with E-state index in [0.29, 0.717) is 23.5 Å². The number of hydrogen-bond acceptors (Lipinski definition) is 4. The number of fused-ring (bicyclic) bond motifs is 1. The fourth-order valence-electron chi connectivity index (χ4n) is 2.73. The molecule has 2 N–H and O–H groups in total. The van der Waals surface area contributed by atoms with Gasteiger partial charge in [0.05, 0.1) is 18.1 Å². The minimum absolute atomic E-state index is 0.215. The Morgan fingerprint density at radius 3 is 2.86 bits per heavy atom. The third-order valence-corrected chi connectivity index (χ3v) is 4.32. The number of hydrogen-bond donors (Lipinski definition) is 1. The van der Waals surface area contributed by atoms with Crippen LogP contribution in [0.4, 0.5) is 10.3 Å². The Bertz CT molecular complexity index is 665. The third kappa shape index (κ3) is 2.55. The molecule has 1 atom stereocenters. The predicted molar refractivity (Wildman–Crippen MR) is 80.9 cm³/mol. The largest absolute Gasteiger partial charge is 0.494 e. The number of imidazole rings is 1. The molecule has 3 rings (SSSR count). The monoisotopic (exact) mass is 292 g/mol. The topological polar surface area (TPSA) is 56.3 Å². The first-order valence-electron chi connectivity index (χ1n) is 7.22. The Kier molecular flexibility index (Phi) is 3.49. The average molecular weight is 292 g/mol. The zero-order chi connectivity index (χ0) is 15.1. The molecular formula is C15H21FN4O. The molecule has 21 heavy (non-hydrogen) atoms. The van der Waals surface area contributed by atoms with Gasteiger partial charge in [0.15, 0.2) is 11.6 Å². The van der Waals surface area contributed by atoms with Gasteiger partial charge in [0.2, 0.25) is 5.95 Å². The van der Waals surface area contributed by atoms with E-state index in [1.165, 1.54) is 26.0 Å². The lowest BCUT2D eigenvalue weighted by atomic mass is 10.2. The summed E-state index contributed by atoms with van der Waals surface area (Å²) in [7, 11) is 3.59. The van der Waals surface area contributed by atoms with Gasteiger partial charge in [-0.25, -0.2) is 9.37 Å². The van der Waals surface area contributed by atoms with Crippen LogP contribution < -0.4 is 10.5 Å². The fourth-order valence-corrected chi connectivity index (χ4v) is 2.73. The summed E-state index contributed by atoms with van der Waals surface area (Å²) in [5.74, 6) is 0.207. The van der Waals surface area contributed by atoms with Crippen molar-refractivity contribution in [1.29, 1.82) is 0 Å². The van der Waals surface area contributed by atoms with Crippen molar-refractivity contribution in [2.45, 2.75) is 38.4 Å². The van der Waals surface area contributed by atoms with Crippen LogP contribution in [0.2, 0.25) is 0 Å². The van der Waals surface area contributed by atoms with Crippen LogP contribution in [0.3, 0.4) is 0 Å². The van der Waals surface area contributed by atoms with Crippen LogP contribution in [0, 0.1) is 5.82 Å². The second kappa shape index (κ2) is 5.18. The average Bonchev–Trinajstić information content (AvgIpc) is 3.25. The molecule has 0 saturated heterocycles. The number of likely N-dealkylation sites (N-methyl/N-ethyl adjacent to an activating group) is 1. The number of rotatable bonds is 5. The highest BCUT2D eigenvalue weighted by molar-refractivity contribution is 5.80. The van der Waals surface area contributed by atoms with E-state index in [-0.39, 0.29) is 5.75 Å². The van der Waals surface area contributed by atoms with Gasteiger partial charge in [0.1, 0.15) is 0 Å². The predicted octanol–water partition coefficient (Wildman–Crippen LogP) is 2.25. The third-order valence-electron chi connectivity index (χ3n) is 4.32. The molecule has 1 aromatic heterocycles. The second-order valence-corrected chi connectivity index (χ2v) is 5.80. The maximum Gasteiger partial charge on any atom is 0.201 e. The molecule has 0 amide bonds. The summed E-state index contributed by atoms with van der Waals surface area (Å²) in [6.45, 7) is 2.90. The normalized spacial score (nSPS) is 16.6. The Hall–Kier alpha value is -1.82. The van der Waals surface area contributed by atoms with Crippen LogP contribution in [0.1, 0.15) is 19.8 Å². The molecule has 1 saturated carbocycles. The summed E-state index contributed by atoms with van der Waals surface area (Å²) in [6.07, 6.45) is 2.53. The van der Waals surface area contributed by atoms with Gasteiger partial charge in [0.25, 0.3) is 0 Å². The van der Waals surface area contributed by atoms with Gasteiger partial charge in [-0.1, -0.05) is 0 Å². The molecule has 0 aliphatic heterocycles. The molecule has 1 aliphatic carbocycles. The molecule has 1 heterocycles. The highest BCUT2D eigenvalue weighted by atomic mass is 19.1. The minimum atomic E-state index is -0.419. The molecule has 0 bridgehead atoms. The van der Waals surface area contributed by atoms with Gasteiger partial charge in [-0.2, -0.15) is 0 Å². The molecule has 1 aliphatic rings. The standard InChI is InChI=1S/C15H21FN4O/c1-9(19(2)10-4-5-10)8-20-13-7-14(21-3)11(16)6-12(13)18-15(20)17/h6-7,9-10H,4-5,8H2,1-3H3,(H2,17,18). The minimum Gasteiger partial charge on any atom is -0.494 e. The van der Waals surface area contributed by atoms with Crippen molar-refractivity contribution in [3.8, 4) is 5.75 Å². The lowest BCUT2D eigenvalue weighted by Crippen LogP contribution is -2.34. The Morgan fingerprint density at radius 1 is 1.52 bits per heavy atom. The molecule has 5 nitrogen and oxygen atoms in total. The summed E-state index contributed by atoms with van der Waals surface area (Å²) in [6, 6.07) is 4.06. The first-order chi connectivity index (χ1) is 10.0. The number of anilines is 1. The van der Waals surface area contributed by atoms with Crippen molar-refractivity contribution in [2.75, 3.05) is 19.9 Å². The summed E-state index contributed by atoms with van der Waals surface area (Å²) in [4.78, 5) is 6.62. The SMILES string of the molecule is COc1cc2c(cc1F)nc(N)n2CC(C)N(C)C1CC1. The van der Waals surface area contributed by atoms with Crippen molar-refractivity contribution in [3.63, 3.8) is 0 Å². The van der Waals surface area contributed by atoms with Crippen LogP contribution in [-0.2, 0) is 6.54 Å². The molecule has 0 spiro atoms. The lowest BCUT2D eigenvalue weighted by molar-refractivity contribution is 0.228. The quantitative estimate of drug-likeness (QED) is 0.918. The van der Waals surface area contributed by atoms with Crippen LogP contribution in [0.25, 0.3) is 11.0 Å². The molecule has 1 fully saturated rings. The molecule has 1 unspecified atom stereocenters. The number of methoxy groups -OCH3 is 1. The van der Waals surface area contributed by atoms with Crippen LogP contribution in [0.15, 0.2) is 12.1 Å². The molecule has 114 valence electrons. The maximum atomic E-state index is 13.7. The summed E-state index contributed by atoms with van der Waals surface area (Å²) >= 11 is 0. The number of halogens is 1. The van der Waals surface area contributed by atoms with Crippen LogP contribution >= 0.6 is 0 Å². The summed E-state index contributed by atoms with van der Waals surface area (Å²) in [5.41, 5.74) is 7.37. The van der Waals surface area contributed by atoms with Gasteiger partial charge in [0, 0.05) is 30.8 Å². The van der Waals surface area contributed by atoms with E-state index in [2.05, 4.69) is 23.9 Å². The number of aromatic nitrogens is 2. The highest BCUT2D eigenvalue weighted by Crippen LogP contribution is 2.29. The molecule has 1 aromatic carbocycles. The molecular weight excluding hydrogens is 271 g/mol. The van der Waals surface area contributed by atoms with Gasteiger partial charge < -0.3 is 15.0 Å². The Balaban J connectivity index is 1.95. The Morgan fingerprint density at radius 2 is 2.24 bits per heavy atom. The zero-order valence-electron chi connectivity index (χ0n) is 12.6. The van der Waals surface area contributed by atoms with Gasteiger partial charge in [-0.05, 0) is 26.8 Å². The number of nitrogens with zero attached hydrogens (tertiary/aromatic N) is 3. The first kappa shape index (κ1) is 14.1. The van der Waals surface area contributed by atoms with Crippen molar-refractivity contribution >= 4 is 17.0 Å². The number of nitrogens with two attached hydrogens (primary N) is 1. The zero-order valence-corrected chi connectivity index (χ0v) is 12.6. The van der Waals surface area contributed by atoms with Gasteiger partial charge in [-0.3, -0.25) is 4.90 Å². The van der Waals surface area contributed by atoms with Gasteiger partial charge in [-0.15, -0.1) is 0 Å². The van der Waals surface area contributed by atoms with Crippen molar-refractivity contribution in [3.05, 3.63) is 17.9 Å². The van der Waals surface area contributed by atoms with E-state index in [0.717, 1.165) is 12.1 Å². The van der Waals surface area contributed by atoms with Crippen LogP contribution in [-0.4, -0.2) is 40.7 Å². The second-order valence-electron chi connectivity index (χ2n) is 5.80. The summed E-state index contributed by atoms with van der Waals surface area (Å²) < 4.78 is 20.7. The van der Waals surface area contributed by atoms with E-state index in [9.17, 15) is 4.39 Å². The molecule has 6 heteroatoms. The molecule has 0 radical (unpaired) electrons. The van der Waals surface area contributed by atoms with E-state index >= 15 is 0 Å². The number of ether oxygens (including phenoxy) is 1. The maximum absolute atomic E-state index is 13.7. The highest BCUT2D eigenvalue weighted by Gasteiger charge is 2.29. The van der Waals surface area contributed by atoms with E-state index < -0.39 is 5.82 Å². The van der Waals surface area contributed by atoms with E-state index in [1.54, 1.807) is 6.07 Å². The van der Waals surface area contributed by atoms with Gasteiger partial charge >= 0.3 is 0 Å². The fraction of sp³-hybridized carbons (Fsp3) is 0.533. The Labute approximate surface area is 123 Å². The smallest absolute Gasteiger partial charge is 0.201 e. The first-order valence-corrected chi connectivity index (χ1v) is 7.22. The van der Waals surface area contributed by atoms with E-state index in [1.807, 2.05) is 4.57 Å². The van der Waals surface area contributed by atoms with E-state index in [4.69, 9.17) is 10.5 Å². The van der Waals surface area contributed by atoms with Crippen molar-refractivity contribution < 1.29 is 9.13 Å². The summed E-state index contributed by atoms with van der Waals surface area (Å²) in [5, 5.41) is 0. The van der Waals surface area contributed by atoms with Crippen molar-refractivity contribution in [2.24, 2.45) is 0 Å². The number of benzene rings is 1. The van der Waals surface area contributed by atoms with Crippen molar-refractivity contribution in [1.82, 2.24) is 14.5 Å². The lowest BCUT2D eigenvalue weighted by Gasteiger charge is -2.25. The molecule has 2 aromatic rings. The van der Waals surface area contributed by atoms with Crippen LogP contribution in [0.5, 0.6) is 5.75 Å².